The van der Waals surface area contributed by atoms with Gasteiger partial charge in [-0.25, -0.2) is 0 Å². The van der Waals surface area contributed by atoms with Crippen molar-refractivity contribution in [1.29, 1.82) is 0 Å². The summed E-state index contributed by atoms with van der Waals surface area (Å²) < 4.78 is 4.87. The normalized spacial score (nSPS) is 15.2. The average molecular weight is 186 g/mol. The van der Waals surface area contributed by atoms with Gasteiger partial charge in [-0.2, -0.15) is 0 Å². The van der Waals surface area contributed by atoms with Crippen LogP contribution < -0.4 is 0 Å². The van der Waals surface area contributed by atoms with Crippen LogP contribution in [0, 0.1) is 11.3 Å². The minimum Gasteiger partial charge on any atom is -0.465 e. The van der Waals surface area contributed by atoms with Gasteiger partial charge in [0.25, 0.3) is 0 Å². The van der Waals surface area contributed by atoms with E-state index in [9.17, 15) is 9.59 Å². The quantitative estimate of drug-likeness (QED) is 0.496. The Hall–Kier alpha value is -0.860. The summed E-state index contributed by atoms with van der Waals surface area (Å²) in [5, 5.41) is 0. The Labute approximate surface area is 79.5 Å². The van der Waals surface area contributed by atoms with E-state index in [1.165, 1.54) is 6.92 Å². The lowest BCUT2D eigenvalue weighted by Crippen LogP contribution is -2.41. The predicted molar refractivity (Wildman–Crippen MR) is 50.3 cm³/mol. The minimum absolute atomic E-state index is 0.0379. The molecular formula is C10H18O3. The first-order valence-corrected chi connectivity index (χ1v) is 4.55. The van der Waals surface area contributed by atoms with Crippen molar-refractivity contribution in [2.75, 3.05) is 6.61 Å². The van der Waals surface area contributed by atoms with Crippen molar-refractivity contribution in [2.45, 2.75) is 34.6 Å². The van der Waals surface area contributed by atoms with Gasteiger partial charge in [-0.15, -0.1) is 0 Å². The minimum atomic E-state index is -0.990. The third-order valence-corrected chi connectivity index (χ3v) is 2.59. The fraction of sp³-hybridized carbons (Fsp3) is 0.800. The molecule has 3 nitrogen and oxygen atoms in total. The first-order valence-electron chi connectivity index (χ1n) is 4.55. The Morgan fingerprint density at radius 3 is 2.08 bits per heavy atom. The highest BCUT2D eigenvalue weighted by molar-refractivity contribution is 6.02. The van der Waals surface area contributed by atoms with Crippen LogP contribution >= 0.6 is 0 Å². The molecular weight excluding hydrogens is 168 g/mol. The Kier molecular flexibility index (Phi) is 4.11. The topological polar surface area (TPSA) is 43.4 Å². The molecule has 0 bridgehead atoms. The van der Waals surface area contributed by atoms with Gasteiger partial charge in [-0.3, -0.25) is 9.59 Å². The Balaban J connectivity index is 4.79. The molecule has 0 radical (unpaired) electrons. The summed E-state index contributed by atoms with van der Waals surface area (Å²) in [5.41, 5.74) is -0.990. The number of ketones is 1. The second-order valence-electron chi connectivity index (χ2n) is 3.63. The van der Waals surface area contributed by atoms with Crippen molar-refractivity contribution in [3.05, 3.63) is 0 Å². The summed E-state index contributed by atoms with van der Waals surface area (Å²) in [7, 11) is 0. The molecule has 0 rings (SSSR count). The van der Waals surface area contributed by atoms with E-state index in [-0.39, 0.29) is 11.7 Å². The maximum absolute atomic E-state index is 11.5. The fourth-order valence-electron chi connectivity index (χ4n) is 1.07. The van der Waals surface area contributed by atoms with Crippen LogP contribution in [0.15, 0.2) is 0 Å². The molecule has 0 amide bonds. The summed E-state index contributed by atoms with van der Waals surface area (Å²) in [6.07, 6.45) is 0. The highest BCUT2D eigenvalue weighted by atomic mass is 16.5. The van der Waals surface area contributed by atoms with Crippen LogP contribution in [-0.2, 0) is 14.3 Å². The number of hydrogen-bond acceptors (Lipinski definition) is 3. The maximum atomic E-state index is 11.5. The number of esters is 1. The summed E-state index contributed by atoms with van der Waals surface area (Å²) in [4.78, 5) is 22.8. The molecule has 0 saturated heterocycles. The third-order valence-electron chi connectivity index (χ3n) is 2.59. The molecule has 0 aliphatic rings. The summed E-state index contributed by atoms with van der Waals surface area (Å²) in [6.45, 7) is 8.80. The zero-order chi connectivity index (χ0) is 10.6. The van der Waals surface area contributed by atoms with Gasteiger partial charge in [0.05, 0.1) is 6.61 Å². The number of hydrogen-bond donors (Lipinski definition) is 0. The smallest absolute Gasteiger partial charge is 0.319 e. The van der Waals surface area contributed by atoms with Gasteiger partial charge in [0, 0.05) is 0 Å². The molecule has 0 aliphatic heterocycles. The van der Waals surface area contributed by atoms with Crippen molar-refractivity contribution in [3.8, 4) is 0 Å². The first kappa shape index (κ1) is 12.1. The Bertz CT molecular complexity index is 208. The van der Waals surface area contributed by atoms with E-state index in [1.54, 1.807) is 13.8 Å². The van der Waals surface area contributed by atoms with Gasteiger partial charge in [0.1, 0.15) is 11.2 Å². The molecule has 0 aliphatic carbocycles. The number of Topliss-reactive ketones (excluding diaryl/α,β-unsaturated/α-hetero) is 1. The molecule has 0 spiro atoms. The second-order valence-corrected chi connectivity index (χ2v) is 3.63. The predicted octanol–water partition coefficient (Wildman–Crippen LogP) is 1.80. The standard InChI is InChI=1S/C10H18O3/c1-6-13-9(12)10(5,7(2)3)8(4)11/h7H,6H2,1-5H3/t10-/m0/s1. The van der Waals surface area contributed by atoms with Crippen molar-refractivity contribution < 1.29 is 14.3 Å². The molecule has 0 unspecified atom stereocenters. The summed E-state index contributed by atoms with van der Waals surface area (Å²) in [6, 6.07) is 0. The summed E-state index contributed by atoms with van der Waals surface area (Å²) in [5.74, 6) is -0.595. The number of rotatable bonds is 4. The lowest BCUT2D eigenvalue weighted by atomic mass is 9.76. The third kappa shape index (κ3) is 2.29. The summed E-state index contributed by atoms with van der Waals surface area (Å²) >= 11 is 0. The molecule has 0 aromatic carbocycles. The van der Waals surface area contributed by atoms with Crippen LogP contribution in [0.25, 0.3) is 0 Å². The molecule has 0 saturated carbocycles. The van der Waals surface area contributed by atoms with E-state index < -0.39 is 11.4 Å². The monoisotopic (exact) mass is 186 g/mol. The Morgan fingerprint density at radius 1 is 1.38 bits per heavy atom. The van der Waals surface area contributed by atoms with E-state index in [1.807, 2.05) is 13.8 Å². The first-order chi connectivity index (χ1) is 5.87. The second kappa shape index (κ2) is 4.40. The van der Waals surface area contributed by atoms with Crippen LogP contribution in [0.5, 0.6) is 0 Å². The van der Waals surface area contributed by atoms with Crippen molar-refractivity contribution >= 4 is 11.8 Å². The molecule has 0 fully saturated rings. The molecule has 13 heavy (non-hydrogen) atoms. The zero-order valence-corrected chi connectivity index (χ0v) is 9.01. The number of carbonyl (C=O) groups excluding carboxylic acids is 2. The highest BCUT2D eigenvalue weighted by Gasteiger charge is 2.42. The van der Waals surface area contributed by atoms with Crippen LogP contribution in [0.1, 0.15) is 34.6 Å². The van der Waals surface area contributed by atoms with Gasteiger partial charge in [-0.1, -0.05) is 13.8 Å². The average Bonchev–Trinajstić information content (AvgIpc) is 2.02. The molecule has 1 atom stereocenters. The largest absolute Gasteiger partial charge is 0.465 e. The molecule has 0 aromatic rings. The van der Waals surface area contributed by atoms with Crippen LogP contribution in [0.3, 0.4) is 0 Å². The van der Waals surface area contributed by atoms with Gasteiger partial charge in [0.15, 0.2) is 0 Å². The number of carbonyl (C=O) groups is 2. The van der Waals surface area contributed by atoms with E-state index in [0.717, 1.165) is 0 Å². The van der Waals surface area contributed by atoms with E-state index in [2.05, 4.69) is 0 Å². The van der Waals surface area contributed by atoms with Gasteiger partial charge in [0.2, 0.25) is 0 Å². The van der Waals surface area contributed by atoms with Gasteiger partial charge in [-0.05, 0) is 26.7 Å². The molecule has 0 heterocycles. The van der Waals surface area contributed by atoms with Crippen molar-refractivity contribution in [3.63, 3.8) is 0 Å². The zero-order valence-electron chi connectivity index (χ0n) is 9.01. The van der Waals surface area contributed by atoms with Crippen LogP contribution in [0.2, 0.25) is 0 Å². The lowest BCUT2D eigenvalue weighted by molar-refractivity contribution is -0.161. The Morgan fingerprint density at radius 2 is 1.85 bits per heavy atom. The van der Waals surface area contributed by atoms with Crippen LogP contribution in [-0.4, -0.2) is 18.4 Å². The molecule has 3 heteroatoms. The van der Waals surface area contributed by atoms with Crippen molar-refractivity contribution in [1.82, 2.24) is 0 Å². The van der Waals surface area contributed by atoms with Gasteiger partial charge >= 0.3 is 5.97 Å². The molecule has 0 N–H and O–H groups in total. The van der Waals surface area contributed by atoms with Crippen LogP contribution in [0.4, 0.5) is 0 Å². The fourth-order valence-corrected chi connectivity index (χ4v) is 1.07. The van der Waals surface area contributed by atoms with E-state index >= 15 is 0 Å². The molecule has 0 aromatic heterocycles. The van der Waals surface area contributed by atoms with Crippen molar-refractivity contribution in [2.24, 2.45) is 11.3 Å². The lowest BCUT2D eigenvalue weighted by Gasteiger charge is -2.28. The van der Waals surface area contributed by atoms with E-state index in [0.29, 0.717) is 6.61 Å². The molecule has 76 valence electrons. The van der Waals surface area contributed by atoms with E-state index in [4.69, 9.17) is 4.74 Å². The van der Waals surface area contributed by atoms with Gasteiger partial charge < -0.3 is 4.74 Å². The SMILES string of the molecule is CCOC(=O)[C@](C)(C(C)=O)C(C)C. The number of ether oxygens (including phenoxy) is 1. The highest BCUT2D eigenvalue weighted by Crippen LogP contribution is 2.29. The maximum Gasteiger partial charge on any atom is 0.319 e.